The molecule has 0 amide bonds. The predicted octanol–water partition coefficient (Wildman–Crippen LogP) is 2.04. The third-order valence-corrected chi connectivity index (χ3v) is 3.61. The summed E-state index contributed by atoms with van der Waals surface area (Å²) < 4.78 is 0. The molecule has 2 heterocycles. The van der Waals surface area contributed by atoms with Crippen LogP contribution >= 0.6 is 11.6 Å². The number of aromatic nitrogens is 2. The molecular weight excluding hydrogens is 238 g/mol. The molecule has 94 valence electrons. The number of nitrogens with zero attached hydrogens (tertiary/aromatic N) is 3. The molecule has 17 heavy (non-hydrogen) atoms. The van der Waals surface area contributed by atoms with Crippen LogP contribution in [-0.4, -0.2) is 23.1 Å². The first-order valence-electron chi connectivity index (χ1n) is 5.98. The first kappa shape index (κ1) is 12.4. The summed E-state index contributed by atoms with van der Waals surface area (Å²) in [6, 6.07) is 0. The van der Waals surface area contributed by atoms with Crippen LogP contribution in [0.15, 0.2) is 6.20 Å². The summed E-state index contributed by atoms with van der Waals surface area (Å²) in [5, 5.41) is 0.582. The van der Waals surface area contributed by atoms with Gasteiger partial charge in [0.1, 0.15) is 5.02 Å². The van der Waals surface area contributed by atoms with Crippen molar-refractivity contribution in [1.82, 2.24) is 9.97 Å². The van der Waals surface area contributed by atoms with Crippen LogP contribution in [0, 0.1) is 5.92 Å². The summed E-state index contributed by atoms with van der Waals surface area (Å²) in [5.41, 5.74) is 2.45. The molecule has 0 bridgehead atoms. The number of halogens is 1. The van der Waals surface area contributed by atoms with Crippen LogP contribution in [0.1, 0.15) is 26.2 Å². The van der Waals surface area contributed by atoms with E-state index in [1.54, 1.807) is 6.20 Å². The normalized spacial score (nSPS) is 17.2. The molecule has 1 aliphatic rings. The van der Waals surface area contributed by atoms with Crippen LogP contribution in [0.25, 0.3) is 0 Å². The van der Waals surface area contributed by atoms with Crippen molar-refractivity contribution in [2.24, 2.45) is 11.8 Å². The maximum atomic E-state index is 6.12. The van der Waals surface area contributed by atoms with E-state index in [4.69, 9.17) is 17.4 Å². The van der Waals surface area contributed by atoms with Gasteiger partial charge in [-0.1, -0.05) is 24.9 Å². The second-order valence-corrected chi connectivity index (χ2v) is 4.76. The molecule has 0 saturated carbocycles. The third-order valence-electron chi connectivity index (χ3n) is 3.35. The highest BCUT2D eigenvalue weighted by atomic mass is 35.5. The van der Waals surface area contributed by atoms with E-state index in [1.807, 2.05) is 0 Å². The maximum Gasteiger partial charge on any atom is 0.239 e. The SMILES string of the molecule is CCC1CCN(c2nc(NN)ncc2Cl)CC1. The third kappa shape index (κ3) is 2.79. The average molecular weight is 256 g/mol. The van der Waals surface area contributed by atoms with Crippen LogP contribution in [0.5, 0.6) is 0 Å². The molecule has 1 aliphatic heterocycles. The van der Waals surface area contributed by atoms with E-state index < -0.39 is 0 Å². The average Bonchev–Trinajstić information content (AvgIpc) is 2.39. The minimum Gasteiger partial charge on any atom is -0.355 e. The molecule has 1 aromatic heterocycles. The van der Waals surface area contributed by atoms with Crippen molar-refractivity contribution in [3.8, 4) is 0 Å². The van der Waals surface area contributed by atoms with Crippen LogP contribution in [0.2, 0.25) is 5.02 Å². The van der Waals surface area contributed by atoms with Crippen molar-refractivity contribution in [3.63, 3.8) is 0 Å². The zero-order valence-corrected chi connectivity index (χ0v) is 10.7. The van der Waals surface area contributed by atoms with Gasteiger partial charge in [-0.05, 0) is 18.8 Å². The standard InChI is InChI=1S/C11H18ClN5/c1-2-8-3-5-17(6-4-8)10-9(12)7-14-11(15-10)16-13/h7-8H,2-6,13H2,1H3,(H,14,15,16). The van der Waals surface area contributed by atoms with E-state index in [1.165, 1.54) is 19.3 Å². The number of nitrogen functional groups attached to an aromatic ring is 1. The van der Waals surface area contributed by atoms with Crippen LogP contribution in [0.3, 0.4) is 0 Å². The largest absolute Gasteiger partial charge is 0.355 e. The summed E-state index contributed by atoms with van der Waals surface area (Å²) in [5.74, 6) is 7.32. The Morgan fingerprint density at radius 3 is 2.82 bits per heavy atom. The topological polar surface area (TPSA) is 67.1 Å². The first-order valence-corrected chi connectivity index (χ1v) is 6.36. The molecule has 0 atom stereocenters. The molecule has 6 heteroatoms. The minimum atomic E-state index is 0.405. The molecule has 0 aromatic carbocycles. The van der Waals surface area contributed by atoms with E-state index in [-0.39, 0.29) is 0 Å². The molecule has 1 aromatic rings. The molecule has 0 radical (unpaired) electrons. The Bertz CT molecular complexity index is 376. The lowest BCUT2D eigenvalue weighted by Crippen LogP contribution is -2.34. The fourth-order valence-electron chi connectivity index (χ4n) is 2.20. The molecule has 0 spiro atoms. The zero-order chi connectivity index (χ0) is 12.3. The Morgan fingerprint density at radius 2 is 2.24 bits per heavy atom. The number of hydrogen-bond donors (Lipinski definition) is 2. The predicted molar refractivity (Wildman–Crippen MR) is 70.1 cm³/mol. The fraction of sp³-hybridized carbons (Fsp3) is 0.636. The molecule has 5 nitrogen and oxygen atoms in total. The van der Waals surface area contributed by atoms with E-state index in [0.717, 1.165) is 24.8 Å². The van der Waals surface area contributed by atoms with Gasteiger partial charge in [0.25, 0.3) is 0 Å². The quantitative estimate of drug-likeness (QED) is 0.639. The van der Waals surface area contributed by atoms with Gasteiger partial charge in [0, 0.05) is 13.1 Å². The van der Waals surface area contributed by atoms with Gasteiger partial charge < -0.3 is 4.90 Å². The van der Waals surface area contributed by atoms with Crippen molar-refractivity contribution >= 4 is 23.4 Å². The van der Waals surface area contributed by atoms with E-state index >= 15 is 0 Å². The number of piperidine rings is 1. The number of hydrazine groups is 1. The summed E-state index contributed by atoms with van der Waals surface area (Å²) in [6.07, 6.45) is 5.23. The van der Waals surface area contributed by atoms with Gasteiger partial charge in [-0.2, -0.15) is 4.98 Å². The monoisotopic (exact) mass is 255 g/mol. The highest BCUT2D eigenvalue weighted by molar-refractivity contribution is 6.32. The van der Waals surface area contributed by atoms with Crippen molar-refractivity contribution in [2.75, 3.05) is 23.4 Å². The second kappa shape index (κ2) is 5.51. The number of hydrogen-bond acceptors (Lipinski definition) is 5. The Kier molecular flexibility index (Phi) is 4.02. The van der Waals surface area contributed by atoms with Gasteiger partial charge >= 0.3 is 0 Å². The summed E-state index contributed by atoms with van der Waals surface area (Å²) in [7, 11) is 0. The summed E-state index contributed by atoms with van der Waals surface area (Å²) in [4.78, 5) is 10.5. The minimum absolute atomic E-state index is 0.405. The molecule has 1 saturated heterocycles. The number of nitrogens with one attached hydrogen (secondary N) is 1. The van der Waals surface area contributed by atoms with Gasteiger partial charge in [-0.25, -0.2) is 10.8 Å². The molecule has 3 N–H and O–H groups in total. The van der Waals surface area contributed by atoms with Gasteiger partial charge in [0.15, 0.2) is 5.82 Å². The van der Waals surface area contributed by atoms with E-state index in [0.29, 0.717) is 11.0 Å². The van der Waals surface area contributed by atoms with E-state index in [2.05, 4.69) is 27.2 Å². The maximum absolute atomic E-state index is 6.12. The molecule has 1 fully saturated rings. The summed E-state index contributed by atoms with van der Waals surface area (Å²) in [6.45, 7) is 4.24. The number of nitrogens with two attached hydrogens (primary N) is 1. The number of anilines is 2. The highest BCUT2D eigenvalue weighted by Gasteiger charge is 2.21. The number of rotatable bonds is 3. The van der Waals surface area contributed by atoms with Crippen molar-refractivity contribution in [2.45, 2.75) is 26.2 Å². The lowest BCUT2D eigenvalue weighted by molar-refractivity contribution is 0.394. The van der Waals surface area contributed by atoms with E-state index in [9.17, 15) is 0 Å². The molecule has 2 rings (SSSR count). The van der Waals surface area contributed by atoms with Crippen LogP contribution in [0.4, 0.5) is 11.8 Å². The zero-order valence-electron chi connectivity index (χ0n) is 9.99. The lowest BCUT2D eigenvalue weighted by atomic mass is 9.94. The smallest absolute Gasteiger partial charge is 0.239 e. The van der Waals surface area contributed by atoms with Gasteiger partial charge in [-0.15, -0.1) is 0 Å². The van der Waals surface area contributed by atoms with Gasteiger partial charge in [0.2, 0.25) is 5.95 Å². The highest BCUT2D eigenvalue weighted by Crippen LogP contribution is 2.28. The Hall–Kier alpha value is -1.07. The van der Waals surface area contributed by atoms with Crippen molar-refractivity contribution < 1.29 is 0 Å². The molecule has 0 aliphatic carbocycles. The van der Waals surface area contributed by atoms with Crippen molar-refractivity contribution in [1.29, 1.82) is 0 Å². The lowest BCUT2D eigenvalue weighted by Gasteiger charge is -2.32. The Morgan fingerprint density at radius 1 is 1.53 bits per heavy atom. The fourth-order valence-corrected chi connectivity index (χ4v) is 2.41. The van der Waals surface area contributed by atoms with Crippen LogP contribution < -0.4 is 16.2 Å². The van der Waals surface area contributed by atoms with Gasteiger partial charge in [-0.3, -0.25) is 5.43 Å². The summed E-state index contributed by atoms with van der Waals surface area (Å²) >= 11 is 6.12. The van der Waals surface area contributed by atoms with Gasteiger partial charge in [0.05, 0.1) is 6.20 Å². The first-order chi connectivity index (χ1) is 8.24. The molecular formula is C11H18ClN5. The molecule has 0 unspecified atom stereocenters. The Balaban J connectivity index is 2.12. The second-order valence-electron chi connectivity index (χ2n) is 4.35. The van der Waals surface area contributed by atoms with Crippen molar-refractivity contribution in [3.05, 3.63) is 11.2 Å². The van der Waals surface area contributed by atoms with Crippen LogP contribution in [-0.2, 0) is 0 Å². The Labute approximate surface area is 106 Å².